The van der Waals surface area contributed by atoms with Crippen molar-refractivity contribution < 1.29 is 4.74 Å². The van der Waals surface area contributed by atoms with Crippen LogP contribution in [0.5, 0.6) is 5.88 Å². The first-order valence-electron chi connectivity index (χ1n) is 6.77. The summed E-state index contributed by atoms with van der Waals surface area (Å²) in [5.74, 6) is 0.726. The van der Waals surface area contributed by atoms with Crippen LogP contribution in [-0.4, -0.2) is 42.7 Å². The number of rotatable bonds is 6. The lowest BCUT2D eigenvalue weighted by Gasteiger charge is -2.23. The molecule has 2 rings (SSSR count). The van der Waals surface area contributed by atoms with Crippen LogP contribution in [0, 0.1) is 0 Å². The Balaban J connectivity index is 1.81. The molecule has 0 aromatic carbocycles. The highest BCUT2D eigenvalue weighted by molar-refractivity contribution is 5.24. The molecule has 0 saturated carbocycles. The highest BCUT2D eigenvalue weighted by Gasteiger charge is 2.22. The lowest BCUT2D eigenvalue weighted by molar-refractivity contribution is 0.259. The molecule has 0 aliphatic carbocycles. The summed E-state index contributed by atoms with van der Waals surface area (Å²) in [4.78, 5) is 6.76. The zero-order valence-corrected chi connectivity index (χ0v) is 11.4. The molecule has 1 saturated heterocycles. The van der Waals surface area contributed by atoms with Crippen molar-refractivity contribution in [3.05, 3.63) is 23.9 Å². The first kappa shape index (κ1) is 13.3. The van der Waals surface area contributed by atoms with Crippen LogP contribution in [0.1, 0.15) is 25.3 Å². The fourth-order valence-corrected chi connectivity index (χ4v) is 2.66. The maximum Gasteiger partial charge on any atom is 0.217 e. The molecule has 0 radical (unpaired) electrons. The number of ether oxygens (including phenoxy) is 1. The zero-order valence-electron chi connectivity index (χ0n) is 11.4. The van der Waals surface area contributed by atoms with E-state index in [1.165, 1.54) is 19.4 Å². The number of likely N-dealkylation sites (N-methyl/N-ethyl adjacent to an activating group) is 1. The van der Waals surface area contributed by atoms with E-state index in [0.29, 0.717) is 6.04 Å². The third-order valence-electron chi connectivity index (χ3n) is 3.64. The van der Waals surface area contributed by atoms with Gasteiger partial charge in [-0.05, 0) is 32.0 Å². The normalized spacial score (nSPS) is 20.2. The smallest absolute Gasteiger partial charge is 0.217 e. The van der Waals surface area contributed by atoms with Crippen LogP contribution in [0.15, 0.2) is 18.3 Å². The topological polar surface area (TPSA) is 37.4 Å². The summed E-state index contributed by atoms with van der Waals surface area (Å²) < 4.78 is 5.25. The zero-order chi connectivity index (χ0) is 12.8. The number of likely N-dealkylation sites (tertiary alicyclic amines) is 1. The molecule has 0 amide bonds. The van der Waals surface area contributed by atoms with Gasteiger partial charge in [-0.3, -0.25) is 4.90 Å². The van der Waals surface area contributed by atoms with Crippen LogP contribution < -0.4 is 10.1 Å². The number of aromatic nitrogens is 1. The summed E-state index contributed by atoms with van der Waals surface area (Å²) in [7, 11) is 1.67. The van der Waals surface area contributed by atoms with Crippen molar-refractivity contribution >= 4 is 0 Å². The molecule has 1 N–H and O–H groups in total. The quantitative estimate of drug-likeness (QED) is 0.832. The minimum Gasteiger partial charge on any atom is -0.481 e. The van der Waals surface area contributed by atoms with Crippen LogP contribution in [-0.2, 0) is 6.54 Å². The van der Waals surface area contributed by atoms with E-state index in [4.69, 9.17) is 4.74 Å². The lowest BCUT2D eigenvalue weighted by Crippen LogP contribution is -2.37. The van der Waals surface area contributed by atoms with Crippen LogP contribution in [0.4, 0.5) is 0 Å². The van der Waals surface area contributed by atoms with E-state index in [1.54, 1.807) is 13.3 Å². The predicted octanol–water partition coefficient (Wildman–Crippen LogP) is 1.66. The van der Waals surface area contributed by atoms with Gasteiger partial charge in [0.25, 0.3) is 0 Å². The number of hydrogen-bond acceptors (Lipinski definition) is 4. The molecule has 1 aliphatic heterocycles. The summed E-state index contributed by atoms with van der Waals surface area (Å²) in [5, 5.41) is 3.52. The Bertz CT molecular complexity index is 370. The van der Waals surface area contributed by atoms with E-state index in [1.807, 2.05) is 6.07 Å². The van der Waals surface area contributed by atoms with E-state index in [2.05, 4.69) is 28.2 Å². The number of methoxy groups -OCH3 is 1. The Hall–Kier alpha value is -1.13. The number of nitrogens with one attached hydrogen (secondary N) is 1. The van der Waals surface area contributed by atoms with Gasteiger partial charge in [0.15, 0.2) is 0 Å². The summed E-state index contributed by atoms with van der Waals surface area (Å²) in [6.45, 7) is 6.51. The third kappa shape index (κ3) is 3.21. The van der Waals surface area contributed by atoms with Crippen molar-refractivity contribution in [2.45, 2.75) is 32.4 Å². The van der Waals surface area contributed by atoms with Crippen molar-refractivity contribution in [3.63, 3.8) is 0 Å². The molecule has 4 heteroatoms. The van der Waals surface area contributed by atoms with Gasteiger partial charge >= 0.3 is 0 Å². The van der Waals surface area contributed by atoms with Crippen molar-refractivity contribution in [3.8, 4) is 5.88 Å². The number of hydrogen-bond donors (Lipinski definition) is 1. The lowest BCUT2D eigenvalue weighted by atomic mass is 10.2. The molecule has 100 valence electrons. The van der Waals surface area contributed by atoms with Crippen LogP contribution in [0.2, 0.25) is 0 Å². The molecule has 2 heterocycles. The summed E-state index contributed by atoms with van der Waals surface area (Å²) in [6, 6.07) is 4.70. The predicted molar refractivity (Wildman–Crippen MR) is 72.8 cm³/mol. The summed E-state index contributed by atoms with van der Waals surface area (Å²) in [6.07, 6.45) is 4.40. The number of pyridine rings is 1. The van der Waals surface area contributed by atoms with Crippen LogP contribution in [0.3, 0.4) is 0 Å². The summed E-state index contributed by atoms with van der Waals surface area (Å²) in [5.41, 5.74) is 1.13. The van der Waals surface area contributed by atoms with Gasteiger partial charge in [0.1, 0.15) is 0 Å². The second-order valence-electron chi connectivity index (χ2n) is 4.73. The van der Waals surface area contributed by atoms with Gasteiger partial charge in [-0.2, -0.15) is 0 Å². The molecule has 1 aliphatic rings. The Labute approximate surface area is 109 Å². The molecule has 1 fully saturated rings. The van der Waals surface area contributed by atoms with Crippen molar-refractivity contribution in [1.82, 2.24) is 15.2 Å². The number of nitrogens with zero attached hydrogens (tertiary/aromatic N) is 2. The van der Waals surface area contributed by atoms with Crippen molar-refractivity contribution in [2.24, 2.45) is 0 Å². The minimum absolute atomic E-state index is 0.692. The van der Waals surface area contributed by atoms with Crippen LogP contribution in [0.25, 0.3) is 0 Å². The molecule has 1 aromatic heterocycles. The molecule has 1 aromatic rings. The monoisotopic (exact) mass is 249 g/mol. The second kappa shape index (κ2) is 6.71. The van der Waals surface area contributed by atoms with E-state index >= 15 is 0 Å². The Morgan fingerprint density at radius 3 is 3.22 bits per heavy atom. The highest BCUT2D eigenvalue weighted by atomic mass is 16.5. The van der Waals surface area contributed by atoms with Gasteiger partial charge in [-0.15, -0.1) is 0 Å². The van der Waals surface area contributed by atoms with Gasteiger partial charge in [0.05, 0.1) is 7.11 Å². The third-order valence-corrected chi connectivity index (χ3v) is 3.64. The van der Waals surface area contributed by atoms with E-state index in [9.17, 15) is 0 Å². The molecule has 18 heavy (non-hydrogen) atoms. The molecule has 0 bridgehead atoms. The Morgan fingerprint density at radius 2 is 2.44 bits per heavy atom. The Morgan fingerprint density at radius 1 is 1.56 bits per heavy atom. The SMILES string of the molecule is CCN1CCCC1CNCc1cccnc1OC. The van der Waals surface area contributed by atoms with E-state index < -0.39 is 0 Å². The highest BCUT2D eigenvalue weighted by Crippen LogP contribution is 2.16. The van der Waals surface area contributed by atoms with E-state index in [0.717, 1.165) is 31.1 Å². The van der Waals surface area contributed by atoms with Gasteiger partial charge in [-0.1, -0.05) is 13.0 Å². The van der Waals surface area contributed by atoms with Gasteiger partial charge in [0.2, 0.25) is 5.88 Å². The fraction of sp³-hybridized carbons (Fsp3) is 0.643. The first-order chi connectivity index (χ1) is 8.85. The maximum absolute atomic E-state index is 5.25. The molecule has 1 atom stereocenters. The largest absolute Gasteiger partial charge is 0.481 e. The minimum atomic E-state index is 0.692. The van der Waals surface area contributed by atoms with E-state index in [-0.39, 0.29) is 0 Å². The van der Waals surface area contributed by atoms with Crippen molar-refractivity contribution in [2.75, 3.05) is 26.7 Å². The average Bonchev–Trinajstić information content (AvgIpc) is 2.87. The Kier molecular flexibility index (Phi) is 4.96. The van der Waals surface area contributed by atoms with Crippen molar-refractivity contribution in [1.29, 1.82) is 0 Å². The molecule has 1 unspecified atom stereocenters. The first-order valence-corrected chi connectivity index (χ1v) is 6.77. The summed E-state index contributed by atoms with van der Waals surface area (Å²) >= 11 is 0. The van der Waals surface area contributed by atoms with Gasteiger partial charge < -0.3 is 10.1 Å². The average molecular weight is 249 g/mol. The van der Waals surface area contributed by atoms with Crippen LogP contribution >= 0.6 is 0 Å². The standard InChI is InChI=1S/C14H23N3O/c1-3-17-9-5-7-13(17)11-15-10-12-6-4-8-16-14(12)18-2/h4,6,8,13,15H,3,5,7,9-11H2,1-2H3. The van der Waals surface area contributed by atoms with Gasteiger partial charge in [-0.25, -0.2) is 4.98 Å². The molecule has 4 nitrogen and oxygen atoms in total. The maximum atomic E-state index is 5.25. The molecular weight excluding hydrogens is 226 g/mol. The molecular formula is C14H23N3O. The second-order valence-corrected chi connectivity index (χ2v) is 4.73. The fourth-order valence-electron chi connectivity index (χ4n) is 2.66. The molecule has 0 spiro atoms. The van der Waals surface area contributed by atoms with Gasteiger partial charge in [0, 0.05) is 30.9 Å².